The van der Waals surface area contributed by atoms with E-state index in [9.17, 15) is 4.79 Å². The highest BCUT2D eigenvalue weighted by Gasteiger charge is 2.36. The Hall–Kier alpha value is -2.63. The summed E-state index contributed by atoms with van der Waals surface area (Å²) in [6.07, 6.45) is 7.53. The van der Waals surface area contributed by atoms with Crippen molar-refractivity contribution in [1.82, 2.24) is 14.9 Å². The van der Waals surface area contributed by atoms with E-state index in [0.29, 0.717) is 6.54 Å². The molecule has 2 aromatic rings. The Labute approximate surface area is 160 Å². The molecule has 2 aliphatic rings. The fourth-order valence-electron chi connectivity index (χ4n) is 4.25. The number of piperidine rings is 1. The Bertz CT molecular complexity index is 766. The van der Waals surface area contributed by atoms with Gasteiger partial charge in [-0.2, -0.15) is 0 Å². The molecule has 0 aliphatic carbocycles. The molecule has 1 aromatic carbocycles. The number of anilines is 1. The van der Waals surface area contributed by atoms with Gasteiger partial charge in [0.05, 0.1) is 19.1 Å². The SMILES string of the molecule is COc1ccc(C2CCCN2C(=O)C2CCCN(c3ncccn3)C2)cc1. The van der Waals surface area contributed by atoms with Crippen LogP contribution < -0.4 is 9.64 Å². The summed E-state index contributed by atoms with van der Waals surface area (Å²) < 4.78 is 5.26. The van der Waals surface area contributed by atoms with Crippen LogP contribution in [-0.4, -0.2) is 47.5 Å². The highest BCUT2D eigenvalue weighted by Crippen LogP contribution is 2.35. The quantitative estimate of drug-likeness (QED) is 0.832. The number of carbonyl (C=O) groups excluding carboxylic acids is 1. The topological polar surface area (TPSA) is 58.6 Å². The van der Waals surface area contributed by atoms with Crippen molar-refractivity contribution in [2.75, 3.05) is 31.6 Å². The van der Waals surface area contributed by atoms with Crippen LogP contribution in [0, 0.1) is 5.92 Å². The zero-order valence-electron chi connectivity index (χ0n) is 15.8. The van der Waals surface area contributed by atoms with Crippen LogP contribution in [0.1, 0.15) is 37.3 Å². The van der Waals surface area contributed by atoms with Crippen molar-refractivity contribution in [2.24, 2.45) is 5.92 Å². The molecule has 1 amide bonds. The van der Waals surface area contributed by atoms with Crippen LogP contribution in [-0.2, 0) is 4.79 Å². The minimum Gasteiger partial charge on any atom is -0.497 e. The number of rotatable bonds is 4. The number of amides is 1. The lowest BCUT2D eigenvalue weighted by Gasteiger charge is -2.35. The second-order valence-corrected chi connectivity index (χ2v) is 7.30. The average molecular weight is 366 g/mol. The van der Waals surface area contributed by atoms with Crippen LogP contribution in [0.3, 0.4) is 0 Å². The third kappa shape index (κ3) is 3.75. The summed E-state index contributed by atoms with van der Waals surface area (Å²) in [5, 5.41) is 0. The van der Waals surface area contributed by atoms with Gasteiger partial charge in [-0.25, -0.2) is 9.97 Å². The van der Waals surface area contributed by atoms with Crippen molar-refractivity contribution >= 4 is 11.9 Å². The van der Waals surface area contributed by atoms with Crippen LogP contribution in [0.2, 0.25) is 0 Å². The number of ether oxygens (including phenoxy) is 1. The maximum absolute atomic E-state index is 13.3. The molecular weight excluding hydrogens is 340 g/mol. The minimum atomic E-state index is 0.0152. The lowest BCUT2D eigenvalue weighted by Crippen LogP contribution is -2.45. The summed E-state index contributed by atoms with van der Waals surface area (Å²) in [5.74, 6) is 1.86. The maximum atomic E-state index is 13.3. The second-order valence-electron chi connectivity index (χ2n) is 7.30. The van der Waals surface area contributed by atoms with Crippen LogP contribution in [0.25, 0.3) is 0 Å². The molecule has 4 rings (SSSR count). The molecule has 6 heteroatoms. The van der Waals surface area contributed by atoms with E-state index in [1.807, 2.05) is 18.2 Å². The number of methoxy groups -OCH3 is 1. The Kier molecular flexibility index (Phi) is 5.23. The Morgan fingerprint density at radius 2 is 1.81 bits per heavy atom. The minimum absolute atomic E-state index is 0.0152. The molecule has 6 nitrogen and oxygen atoms in total. The summed E-state index contributed by atoms with van der Waals surface area (Å²) in [6.45, 7) is 2.46. The van der Waals surface area contributed by atoms with Crippen LogP contribution >= 0.6 is 0 Å². The number of aromatic nitrogens is 2. The first kappa shape index (κ1) is 17.8. The Morgan fingerprint density at radius 1 is 1.07 bits per heavy atom. The van der Waals surface area contributed by atoms with Gasteiger partial charge in [-0.15, -0.1) is 0 Å². The normalized spacial score (nSPS) is 22.7. The van der Waals surface area contributed by atoms with Gasteiger partial charge in [0.2, 0.25) is 11.9 Å². The zero-order chi connectivity index (χ0) is 18.6. The van der Waals surface area contributed by atoms with Gasteiger partial charge >= 0.3 is 0 Å². The van der Waals surface area contributed by atoms with E-state index >= 15 is 0 Å². The zero-order valence-corrected chi connectivity index (χ0v) is 15.8. The van der Waals surface area contributed by atoms with Crippen molar-refractivity contribution < 1.29 is 9.53 Å². The monoisotopic (exact) mass is 366 g/mol. The lowest BCUT2D eigenvalue weighted by molar-refractivity contribution is -0.136. The van der Waals surface area contributed by atoms with Crippen molar-refractivity contribution in [2.45, 2.75) is 31.7 Å². The number of hydrogen-bond donors (Lipinski definition) is 0. The molecule has 2 aliphatic heterocycles. The van der Waals surface area contributed by atoms with Crippen molar-refractivity contribution in [3.05, 3.63) is 48.3 Å². The third-order valence-electron chi connectivity index (χ3n) is 5.64. The molecule has 0 spiro atoms. The first-order chi connectivity index (χ1) is 13.3. The smallest absolute Gasteiger partial charge is 0.227 e. The average Bonchev–Trinajstić information content (AvgIpc) is 3.24. The van der Waals surface area contributed by atoms with E-state index in [0.717, 1.165) is 50.5 Å². The largest absolute Gasteiger partial charge is 0.497 e. The van der Waals surface area contributed by atoms with Crippen LogP contribution in [0.4, 0.5) is 5.95 Å². The third-order valence-corrected chi connectivity index (χ3v) is 5.64. The van der Waals surface area contributed by atoms with Gasteiger partial charge in [0.15, 0.2) is 0 Å². The molecule has 1 aromatic heterocycles. The summed E-state index contributed by atoms with van der Waals surface area (Å²) in [7, 11) is 1.67. The van der Waals surface area contributed by atoms with E-state index < -0.39 is 0 Å². The van der Waals surface area contributed by atoms with Gasteiger partial charge in [0.25, 0.3) is 0 Å². The molecule has 2 saturated heterocycles. The summed E-state index contributed by atoms with van der Waals surface area (Å²) in [6, 6.07) is 10.1. The maximum Gasteiger partial charge on any atom is 0.227 e. The molecular formula is C21H26N4O2. The number of likely N-dealkylation sites (tertiary alicyclic amines) is 1. The molecule has 0 bridgehead atoms. The lowest BCUT2D eigenvalue weighted by atomic mass is 9.95. The van der Waals surface area contributed by atoms with Gasteiger partial charge in [0.1, 0.15) is 5.75 Å². The fraction of sp³-hybridized carbons (Fsp3) is 0.476. The predicted molar refractivity (Wildman–Crippen MR) is 104 cm³/mol. The van der Waals surface area contributed by atoms with Gasteiger partial charge in [-0.1, -0.05) is 12.1 Å². The molecule has 2 fully saturated rings. The van der Waals surface area contributed by atoms with E-state index in [1.165, 1.54) is 5.56 Å². The standard InChI is InChI=1S/C21H26N4O2/c1-27-18-9-7-16(8-10-18)19-6-3-14-25(19)20(26)17-5-2-13-24(15-17)21-22-11-4-12-23-21/h4,7-12,17,19H,2-3,5-6,13-15H2,1H3. The second kappa shape index (κ2) is 7.94. The van der Waals surface area contributed by atoms with Gasteiger partial charge in [-0.3, -0.25) is 4.79 Å². The number of benzene rings is 1. The first-order valence-electron chi connectivity index (χ1n) is 9.72. The molecule has 0 saturated carbocycles. The highest BCUT2D eigenvalue weighted by atomic mass is 16.5. The molecule has 0 radical (unpaired) electrons. The molecule has 2 unspecified atom stereocenters. The molecule has 2 atom stereocenters. The fourth-order valence-corrected chi connectivity index (χ4v) is 4.25. The van der Waals surface area contributed by atoms with Gasteiger partial charge in [-0.05, 0) is 49.4 Å². The highest BCUT2D eigenvalue weighted by molar-refractivity contribution is 5.80. The van der Waals surface area contributed by atoms with Crippen molar-refractivity contribution in [1.29, 1.82) is 0 Å². The summed E-state index contributed by atoms with van der Waals surface area (Å²) in [4.78, 5) is 26.2. The Morgan fingerprint density at radius 3 is 2.56 bits per heavy atom. The molecule has 142 valence electrons. The van der Waals surface area contributed by atoms with E-state index in [4.69, 9.17) is 4.74 Å². The van der Waals surface area contributed by atoms with Crippen molar-refractivity contribution in [3.63, 3.8) is 0 Å². The van der Waals surface area contributed by atoms with Crippen LogP contribution in [0.15, 0.2) is 42.7 Å². The Balaban J connectivity index is 1.47. The first-order valence-corrected chi connectivity index (χ1v) is 9.72. The molecule has 0 N–H and O–H groups in total. The predicted octanol–water partition coefficient (Wildman–Crippen LogP) is 3.07. The summed E-state index contributed by atoms with van der Waals surface area (Å²) in [5.41, 5.74) is 1.20. The van der Waals surface area contributed by atoms with Crippen LogP contribution in [0.5, 0.6) is 5.75 Å². The summed E-state index contributed by atoms with van der Waals surface area (Å²) >= 11 is 0. The van der Waals surface area contributed by atoms with E-state index in [-0.39, 0.29) is 17.9 Å². The van der Waals surface area contributed by atoms with Gasteiger partial charge < -0.3 is 14.5 Å². The number of nitrogens with zero attached hydrogens (tertiary/aromatic N) is 4. The molecule has 3 heterocycles. The van der Waals surface area contributed by atoms with Crippen molar-refractivity contribution in [3.8, 4) is 5.75 Å². The molecule has 27 heavy (non-hydrogen) atoms. The van der Waals surface area contributed by atoms with E-state index in [2.05, 4.69) is 31.9 Å². The number of carbonyl (C=O) groups is 1. The van der Waals surface area contributed by atoms with E-state index in [1.54, 1.807) is 19.5 Å². The van der Waals surface area contributed by atoms with Gasteiger partial charge in [0, 0.05) is 32.0 Å². The number of hydrogen-bond acceptors (Lipinski definition) is 5.